The van der Waals surface area contributed by atoms with Crippen molar-refractivity contribution in [3.8, 4) is 11.8 Å². The number of ketones is 1. The summed E-state index contributed by atoms with van der Waals surface area (Å²) >= 11 is 2.23. The van der Waals surface area contributed by atoms with E-state index in [0.717, 1.165) is 23.7 Å². The van der Waals surface area contributed by atoms with Crippen LogP contribution in [0.25, 0.3) is 0 Å². The van der Waals surface area contributed by atoms with Gasteiger partial charge in [0.25, 0.3) is 0 Å². The van der Waals surface area contributed by atoms with Gasteiger partial charge in [-0.2, -0.15) is 0 Å². The zero-order valence-corrected chi connectivity index (χ0v) is 8.98. The van der Waals surface area contributed by atoms with Crippen LogP contribution in [0.3, 0.4) is 0 Å². The zero-order chi connectivity index (χ0) is 8.53. The van der Waals surface area contributed by atoms with Crippen LogP contribution >= 0.6 is 22.6 Å². The number of halogens is 1. The Hall–Kier alpha value is -0.0400. The van der Waals surface area contributed by atoms with Crippen LogP contribution in [-0.4, -0.2) is 10.2 Å². The fourth-order valence-corrected chi connectivity index (χ4v) is 0.993. The van der Waals surface area contributed by atoms with E-state index in [9.17, 15) is 4.79 Å². The van der Waals surface area contributed by atoms with Gasteiger partial charge in [-0.3, -0.25) is 0 Å². The van der Waals surface area contributed by atoms with Crippen LogP contribution in [0.2, 0.25) is 0 Å². The maximum absolute atomic E-state index is 10.5. The highest BCUT2D eigenvalue weighted by Crippen LogP contribution is 1.98. The number of carbonyl (C=O) groups excluding carboxylic acids is 1. The molecule has 0 radical (unpaired) electrons. The van der Waals surface area contributed by atoms with Crippen molar-refractivity contribution in [3.05, 3.63) is 0 Å². The Labute approximate surface area is 82.1 Å². The van der Waals surface area contributed by atoms with E-state index in [4.69, 9.17) is 0 Å². The van der Waals surface area contributed by atoms with E-state index >= 15 is 0 Å². The molecule has 0 saturated heterocycles. The Kier molecular flexibility index (Phi) is 8.03. The monoisotopic (exact) mass is 264 g/mol. The molecule has 0 atom stereocenters. The maximum atomic E-state index is 10.5. The Morgan fingerprint density at radius 1 is 1.36 bits per heavy atom. The van der Waals surface area contributed by atoms with E-state index in [2.05, 4.69) is 34.4 Å². The molecule has 0 spiro atoms. The standard InChI is InChI=1S/C9H13IO/c1-9(11)7-5-3-2-4-6-8-10/h2-3,5,7-8H2,1H3. The number of alkyl halides is 1. The van der Waals surface area contributed by atoms with Crippen LogP contribution in [0.4, 0.5) is 0 Å². The van der Waals surface area contributed by atoms with Crippen molar-refractivity contribution >= 4 is 28.4 Å². The minimum atomic E-state index is 0.284. The van der Waals surface area contributed by atoms with E-state index in [1.165, 1.54) is 0 Å². The normalized spacial score (nSPS) is 8.55. The largest absolute Gasteiger partial charge is 0.300 e. The van der Waals surface area contributed by atoms with Gasteiger partial charge in [0.1, 0.15) is 5.78 Å². The summed E-state index contributed by atoms with van der Waals surface area (Å²) in [4.78, 5) is 10.5. The van der Waals surface area contributed by atoms with Gasteiger partial charge in [0.15, 0.2) is 0 Å². The lowest BCUT2D eigenvalue weighted by Gasteiger charge is -1.91. The molecule has 0 fully saturated rings. The van der Waals surface area contributed by atoms with Crippen LogP contribution < -0.4 is 0 Å². The summed E-state index contributed by atoms with van der Waals surface area (Å²) in [5, 5.41) is 0. The number of unbranched alkanes of at least 4 members (excludes halogenated alkanes) is 2. The highest BCUT2D eigenvalue weighted by Gasteiger charge is 1.90. The fraction of sp³-hybridized carbons (Fsp3) is 0.667. The summed E-state index contributed by atoms with van der Waals surface area (Å²) in [6.07, 6.45) is 3.71. The van der Waals surface area contributed by atoms with Crippen molar-refractivity contribution in [2.24, 2.45) is 0 Å². The first-order chi connectivity index (χ1) is 5.27. The molecular weight excluding hydrogens is 251 g/mol. The summed E-state index contributed by atoms with van der Waals surface area (Å²) in [6, 6.07) is 0. The van der Waals surface area contributed by atoms with Crippen molar-refractivity contribution in [1.29, 1.82) is 0 Å². The van der Waals surface area contributed by atoms with Crippen molar-refractivity contribution < 1.29 is 4.79 Å². The van der Waals surface area contributed by atoms with E-state index < -0.39 is 0 Å². The number of Topliss-reactive ketones (excluding diaryl/α,β-unsaturated/α-hetero) is 1. The fourth-order valence-electron chi connectivity index (χ4n) is 0.723. The van der Waals surface area contributed by atoms with E-state index in [1.54, 1.807) is 6.92 Å². The van der Waals surface area contributed by atoms with Gasteiger partial charge in [0, 0.05) is 12.8 Å². The first-order valence-electron chi connectivity index (χ1n) is 3.78. The van der Waals surface area contributed by atoms with Crippen molar-refractivity contribution in [2.45, 2.75) is 32.6 Å². The number of rotatable bonds is 4. The van der Waals surface area contributed by atoms with Crippen LogP contribution in [0.1, 0.15) is 32.6 Å². The van der Waals surface area contributed by atoms with Gasteiger partial charge in [0.2, 0.25) is 0 Å². The highest BCUT2D eigenvalue weighted by atomic mass is 127. The second-order valence-electron chi connectivity index (χ2n) is 2.40. The molecular formula is C9H13IO. The van der Waals surface area contributed by atoms with E-state index in [0.29, 0.717) is 6.42 Å². The molecule has 2 heteroatoms. The van der Waals surface area contributed by atoms with Gasteiger partial charge in [-0.05, 0) is 19.8 Å². The third kappa shape index (κ3) is 9.96. The highest BCUT2D eigenvalue weighted by molar-refractivity contribution is 14.1. The lowest BCUT2D eigenvalue weighted by atomic mass is 10.1. The molecule has 0 aromatic carbocycles. The third-order valence-corrected chi connectivity index (χ3v) is 1.65. The lowest BCUT2D eigenvalue weighted by Crippen LogP contribution is -1.88. The van der Waals surface area contributed by atoms with Gasteiger partial charge < -0.3 is 4.79 Å². The van der Waals surface area contributed by atoms with E-state index in [-0.39, 0.29) is 5.78 Å². The Morgan fingerprint density at radius 2 is 2.09 bits per heavy atom. The Balaban J connectivity index is 3.08. The van der Waals surface area contributed by atoms with Crippen molar-refractivity contribution in [1.82, 2.24) is 0 Å². The molecule has 62 valence electrons. The van der Waals surface area contributed by atoms with Gasteiger partial charge in [-0.1, -0.05) is 28.5 Å². The molecule has 0 heterocycles. The van der Waals surface area contributed by atoms with Gasteiger partial charge in [-0.15, -0.1) is 5.92 Å². The van der Waals surface area contributed by atoms with Crippen molar-refractivity contribution in [3.63, 3.8) is 0 Å². The summed E-state index contributed by atoms with van der Waals surface area (Å²) < 4.78 is 0.907. The topological polar surface area (TPSA) is 17.1 Å². The quantitative estimate of drug-likeness (QED) is 0.330. The maximum Gasteiger partial charge on any atom is 0.129 e. The Morgan fingerprint density at radius 3 is 2.64 bits per heavy atom. The molecule has 1 nitrogen and oxygen atoms in total. The minimum Gasteiger partial charge on any atom is -0.300 e. The average Bonchev–Trinajstić information content (AvgIpc) is 1.96. The smallest absolute Gasteiger partial charge is 0.129 e. The van der Waals surface area contributed by atoms with Gasteiger partial charge in [0.05, 0.1) is 4.43 Å². The number of carbonyl (C=O) groups is 1. The molecule has 0 unspecified atom stereocenters. The van der Waals surface area contributed by atoms with Crippen LogP contribution in [0.15, 0.2) is 0 Å². The first kappa shape index (κ1) is 11.0. The molecule has 0 amide bonds. The molecule has 11 heavy (non-hydrogen) atoms. The predicted molar refractivity (Wildman–Crippen MR) is 55.8 cm³/mol. The summed E-state index contributed by atoms with van der Waals surface area (Å²) in [5.41, 5.74) is 0. The third-order valence-electron chi connectivity index (χ3n) is 1.27. The molecule has 0 bridgehead atoms. The van der Waals surface area contributed by atoms with Crippen LogP contribution in [-0.2, 0) is 4.79 Å². The molecule has 0 saturated carbocycles. The van der Waals surface area contributed by atoms with Gasteiger partial charge in [-0.25, -0.2) is 0 Å². The van der Waals surface area contributed by atoms with E-state index in [1.807, 2.05) is 0 Å². The second kappa shape index (κ2) is 8.06. The molecule has 0 N–H and O–H groups in total. The number of hydrogen-bond acceptors (Lipinski definition) is 1. The molecule has 0 aromatic heterocycles. The molecule has 0 rings (SSSR count). The zero-order valence-electron chi connectivity index (χ0n) is 6.82. The van der Waals surface area contributed by atoms with Crippen molar-refractivity contribution in [2.75, 3.05) is 4.43 Å². The molecule has 0 aliphatic carbocycles. The summed E-state index contributed by atoms with van der Waals surface area (Å²) in [5.74, 6) is 6.31. The number of hydrogen-bond donors (Lipinski definition) is 0. The summed E-state index contributed by atoms with van der Waals surface area (Å²) in [7, 11) is 0. The summed E-state index contributed by atoms with van der Waals surface area (Å²) in [6.45, 7) is 1.64. The average molecular weight is 264 g/mol. The Bertz CT molecular complexity index is 164. The second-order valence-corrected chi connectivity index (χ2v) is 3.16. The minimum absolute atomic E-state index is 0.284. The molecule has 0 aliphatic heterocycles. The van der Waals surface area contributed by atoms with Crippen LogP contribution in [0, 0.1) is 11.8 Å². The SMILES string of the molecule is CC(=O)CCCCC#CCI. The van der Waals surface area contributed by atoms with Gasteiger partial charge >= 0.3 is 0 Å². The predicted octanol–water partition coefficient (Wildman–Crippen LogP) is 2.57. The lowest BCUT2D eigenvalue weighted by molar-refractivity contribution is -0.117. The first-order valence-corrected chi connectivity index (χ1v) is 5.31. The molecule has 0 aliphatic rings. The molecule has 0 aromatic rings. The van der Waals surface area contributed by atoms with Crippen LogP contribution in [0.5, 0.6) is 0 Å².